The maximum Gasteiger partial charge on any atom is 0.0972 e. The zero-order valence-corrected chi connectivity index (χ0v) is 18.2. The molecule has 4 nitrogen and oxygen atoms in total. The molecule has 0 aliphatic carbocycles. The standard InChI is InChI=1S/C17H20N4S.C3H8.C2H6/c1-20(10-11-21-9-5-8-18-21)13-16-14-22-17(19-16)12-15-6-3-2-4-7-15;1-3-2;1-2/h2-9,14H,10-13H2,1H3;3H2,1-2H3;1-2H3. The average molecular weight is 387 g/mol. The van der Waals surface area contributed by atoms with Crippen LogP contribution in [0.15, 0.2) is 54.2 Å². The fourth-order valence-electron chi connectivity index (χ4n) is 2.33. The van der Waals surface area contributed by atoms with Crippen molar-refractivity contribution >= 4 is 11.3 Å². The lowest BCUT2D eigenvalue weighted by Crippen LogP contribution is -2.23. The number of hydrogen-bond donors (Lipinski definition) is 0. The van der Waals surface area contributed by atoms with Gasteiger partial charge >= 0.3 is 0 Å². The molecular weight excluding hydrogens is 352 g/mol. The summed E-state index contributed by atoms with van der Waals surface area (Å²) >= 11 is 1.75. The summed E-state index contributed by atoms with van der Waals surface area (Å²) in [5.74, 6) is 0. The Bertz CT molecular complexity index is 692. The molecule has 3 aromatic rings. The van der Waals surface area contributed by atoms with E-state index < -0.39 is 0 Å². The SMILES string of the molecule is CC.CCC.CN(CCn1cccn1)Cc1csc(Cc2ccccc2)n1. The minimum atomic E-state index is 0.882. The Morgan fingerprint density at radius 1 is 1.07 bits per heavy atom. The molecule has 3 rings (SSSR count). The molecule has 0 bridgehead atoms. The van der Waals surface area contributed by atoms with Crippen molar-refractivity contribution in [3.63, 3.8) is 0 Å². The highest BCUT2D eigenvalue weighted by Gasteiger charge is 2.06. The number of nitrogens with zero attached hydrogens (tertiary/aromatic N) is 4. The highest BCUT2D eigenvalue weighted by molar-refractivity contribution is 7.09. The molecule has 27 heavy (non-hydrogen) atoms. The Morgan fingerprint density at radius 3 is 2.41 bits per heavy atom. The summed E-state index contributed by atoms with van der Waals surface area (Å²) in [5, 5.41) is 7.57. The second kappa shape index (κ2) is 14.1. The van der Waals surface area contributed by atoms with Crippen LogP contribution in [0.4, 0.5) is 0 Å². The van der Waals surface area contributed by atoms with Gasteiger partial charge in [0, 0.05) is 37.3 Å². The zero-order valence-electron chi connectivity index (χ0n) is 17.4. The van der Waals surface area contributed by atoms with E-state index in [4.69, 9.17) is 4.98 Å². The molecule has 0 saturated heterocycles. The minimum Gasteiger partial charge on any atom is -0.299 e. The highest BCUT2D eigenvalue weighted by Crippen LogP contribution is 2.15. The summed E-state index contributed by atoms with van der Waals surface area (Å²) in [4.78, 5) is 7.03. The van der Waals surface area contributed by atoms with Gasteiger partial charge in [0.15, 0.2) is 0 Å². The molecule has 0 aliphatic heterocycles. The normalized spacial score (nSPS) is 10.0. The van der Waals surface area contributed by atoms with Crippen LogP contribution in [0, 0.1) is 0 Å². The Balaban J connectivity index is 0.000000665. The van der Waals surface area contributed by atoms with Crippen LogP contribution in [-0.2, 0) is 19.5 Å². The van der Waals surface area contributed by atoms with Gasteiger partial charge in [-0.15, -0.1) is 11.3 Å². The van der Waals surface area contributed by atoms with E-state index in [1.807, 2.05) is 43.1 Å². The first-order valence-corrected chi connectivity index (χ1v) is 10.7. The number of rotatable bonds is 7. The Kier molecular flexibility index (Phi) is 12.1. The van der Waals surface area contributed by atoms with Crippen LogP contribution in [0.3, 0.4) is 0 Å². The summed E-state index contributed by atoms with van der Waals surface area (Å²) in [6, 6.07) is 12.5. The van der Waals surface area contributed by atoms with Crippen molar-refractivity contribution in [1.29, 1.82) is 0 Å². The van der Waals surface area contributed by atoms with Gasteiger partial charge in [-0.3, -0.25) is 9.58 Å². The van der Waals surface area contributed by atoms with Crippen molar-refractivity contribution in [1.82, 2.24) is 19.7 Å². The number of hydrogen-bond acceptors (Lipinski definition) is 4. The van der Waals surface area contributed by atoms with Crippen molar-refractivity contribution in [2.24, 2.45) is 0 Å². The second-order valence-corrected chi connectivity index (χ2v) is 7.05. The van der Waals surface area contributed by atoms with E-state index in [9.17, 15) is 0 Å². The molecule has 0 N–H and O–H groups in total. The Hall–Kier alpha value is -1.98. The monoisotopic (exact) mass is 386 g/mol. The van der Waals surface area contributed by atoms with Crippen molar-refractivity contribution in [3.8, 4) is 0 Å². The quantitative estimate of drug-likeness (QED) is 0.537. The van der Waals surface area contributed by atoms with Crippen molar-refractivity contribution in [3.05, 3.63) is 70.4 Å². The molecule has 0 amide bonds. The van der Waals surface area contributed by atoms with Gasteiger partial charge in [0.25, 0.3) is 0 Å². The molecule has 1 aromatic carbocycles. The van der Waals surface area contributed by atoms with Gasteiger partial charge in [-0.05, 0) is 18.7 Å². The summed E-state index contributed by atoms with van der Waals surface area (Å²) < 4.78 is 1.96. The Labute approximate surface area is 168 Å². The van der Waals surface area contributed by atoms with Gasteiger partial charge in [0.05, 0.1) is 17.2 Å². The third kappa shape index (κ3) is 9.50. The third-order valence-corrected chi connectivity index (χ3v) is 4.40. The van der Waals surface area contributed by atoms with Crippen molar-refractivity contribution in [2.45, 2.75) is 53.6 Å². The molecule has 5 heteroatoms. The van der Waals surface area contributed by atoms with E-state index in [0.717, 1.165) is 31.7 Å². The van der Waals surface area contributed by atoms with Crippen LogP contribution in [0.25, 0.3) is 0 Å². The van der Waals surface area contributed by atoms with Gasteiger partial charge in [-0.2, -0.15) is 5.10 Å². The molecule has 0 unspecified atom stereocenters. The van der Waals surface area contributed by atoms with E-state index in [1.54, 1.807) is 11.3 Å². The summed E-state index contributed by atoms with van der Waals surface area (Å²) in [6.45, 7) is 11.0. The van der Waals surface area contributed by atoms with Crippen LogP contribution in [0.1, 0.15) is 50.4 Å². The van der Waals surface area contributed by atoms with Crippen LogP contribution < -0.4 is 0 Å². The topological polar surface area (TPSA) is 34.0 Å². The number of likely N-dealkylation sites (N-methyl/N-ethyl adjacent to an activating group) is 1. The maximum absolute atomic E-state index is 4.74. The van der Waals surface area contributed by atoms with Gasteiger partial charge in [0.1, 0.15) is 0 Å². The molecule has 0 fully saturated rings. The van der Waals surface area contributed by atoms with Crippen molar-refractivity contribution in [2.75, 3.05) is 13.6 Å². The van der Waals surface area contributed by atoms with Crippen LogP contribution >= 0.6 is 11.3 Å². The lowest BCUT2D eigenvalue weighted by Gasteiger charge is -2.14. The highest BCUT2D eigenvalue weighted by atomic mass is 32.1. The first kappa shape index (κ1) is 23.1. The zero-order chi connectivity index (χ0) is 19.9. The summed E-state index contributed by atoms with van der Waals surface area (Å²) in [5.41, 5.74) is 2.47. The molecule has 0 atom stereocenters. The van der Waals surface area contributed by atoms with Gasteiger partial charge in [0.2, 0.25) is 0 Å². The lowest BCUT2D eigenvalue weighted by molar-refractivity contribution is 0.302. The summed E-state index contributed by atoms with van der Waals surface area (Å²) in [6.07, 6.45) is 5.98. The molecule has 0 aliphatic rings. The fraction of sp³-hybridized carbons (Fsp3) is 0.455. The maximum atomic E-state index is 4.74. The minimum absolute atomic E-state index is 0.882. The predicted molar refractivity (Wildman–Crippen MR) is 117 cm³/mol. The predicted octanol–water partition coefficient (Wildman–Crippen LogP) is 5.50. The first-order chi connectivity index (χ1) is 13.2. The van der Waals surface area contributed by atoms with Crippen LogP contribution in [0.5, 0.6) is 0 Å². The van der Waals surface area contributed by atoms with E-state index >= 15 is 0 Å². The van der Waals surface area contributed by atoms with Crippen molar-refractivity contribution < 1.29 is 0 Å². The third-order valence-electron chi connectivity index (χ3n) is 3.50. The number of thiazole rings is 1. The fourth-order valence-corrected chi connectivity index (χ4v) is 3.15. The van der Waals surface area contributed by atoms with E-state index in [2.05, 4.69) is 60.5 Å². The van der Waals surface area contributed by atoms with Gasteiger partial charge in [-0.25, -0.2) is 4.98 Å². The van der Waals surface area contributed by atoms with Crippen LogP contribution in [0.2, 0.25) is 0 Å². The molecule has 148 valence electrons. The summed E-state index contributed by atoms with van der Waals surface area (Å²) in [7, 11) is 2.12. The molecule has 0 saturated carbocycles. The lowest BCUT2D eigenvalue weighted by atomic mass is 10.2. The molecular formula is C22H34N4S. The largest absolute Gasteiger partial charge is 0.299 e. The Morgan fingerprint density at radius 2 is 1.78 bits per heavy atom. The van der Waals surface area contributed by atoms with E-state index in [1.165, 1.54) is 17.0 Å². The number of benzene rings is 1. The molecule has 2 aromatic heterocycles. The number of aromatic nitrogens is 3. The molecule has 2 heterocycles. The van der Waals surface area contributed by atoms with E-state index in [0.29, 0.717) is 0 Å². The average Bonchev–Trinajstić information content (AvgIpc) is 3.35. The van der Waals surface area contributed by atoms with Gasteiger partial charge in [-0.1, -0.05) is 64.4 Å². The van der Waals surface area contributed by atoms with Gasteiger partial charge < -0.3 is 0 Å². The second-order valence-electron chi connectivity index (χ2n) is 6.11. The van der Waals surface area contributed by atoms with E-state index in [-0.39, 0.29) is 0 Å². The molecule has 0 radical (unpaired) electrons. The first-order valence-electron chi connectivity index (χ1n) is 9.84. The van der Waals surface area contributed by atoms with Crippen LogP contribution in [-0.4, -0.2) is 33.3 Å². The smallest absolute Gasteiger partial charge is 0.0972 e. The molecule has 0 spiro atoms.